The summed E-state index contributed by atoms with van der Waals surface area (Å²) in [4.78, 5) is 0. The van der Waals surface area contributed by atoms with Crippen molar-refractivity contribution < 1.29 is 0 Å². The average Bonchev–Trinajstić information content (AvgIpc) is 1.89. The second kappa shape index (κ2) is 8.47. The van der Waals surface area contributed by atoms with Gasteiger partial charge in [-0.25, -0.2) is 0 Å². The predicted octanol–water partition coefficient (Wildman–Crippen LogP) is -0.231. The third kappa shape index (κ3) is 8.47. The minimum absolute atomic E-state index is 0.699. The van der Waals surface area contributed by atoms with Crippen LogP contribution in [0.4, 0.5) is 0 Å². The fourth-order valence-corrected chi connectivity index (χ4v) is 4.14. The third-order valence-corrected chi connectivity index (χ3v) is 3.25. The first-order valence-corrected chi connectivity index (χ1v) is 7.86. The molecule has 0 aliphatic carbocycles. The second-order valence-electron chi connectivity index (χ2n) is 1.16. The van der Waals surface area contributed by atoms with Gasteiger partial charge in [-0.05, 0) is 0 Å². The van der Waals surface area contributed by atoms with Crippen molar-refractivity contribution in [3.63, 3.8) is 0 Å². The van der Waals surface area contributed by atoms with Gasteiger partial charge in [0.15, 0.2) is 0 Å². The van der Waals surface area contributed by atoms with E-state index in [1.54, 1.807) is 0 Å². The van der Waals surface area contributed by atoms with Crippen LogP contribution in [0, 0.1) is 21.9 Å². The topological polar surface area (TPSA) is 0 Å². The summed E-state index contributed by atoms with van der Waals surface area (Å²) >= 11 is 0.494. The van der Waals surface area contributed by atoms with Gasteiger partial charge in [0.05, 0.1) is 0 Å². The molecule has 0 aromatic heterocycles. The maximum atomic E-state index is 4.92. The van der Waals surface area contributed by atoms with Crippen LogP contribution in [0.15, 0.2) is 9.91 Å². The van der Waals surface area contributed by atoms with Crippen LogP contribution in [0.5, 0.6) is 0 Å². The number of allylic oxidation sites excluding steroid dienone is 1. The van der Waals surface area contributed by atoms with Gasteiger partial charge in [0.2, 0.25) is 0 Å². The molecule has 0 atom stereocenters. The summed E-state index contributed by atoms with van der Waals surface area (Å²) in [7, 11) is 0. The molecule has 0 saturated carbocycles. The molecule has 0 fully saturated rings. The van der Waals surface area contributed by atoms with Crippen molar-refractivity contribution in [2.45, 2.75) is 0 Å². The van der Waals surface area contributed by atoms with Gasteiger partial charge in [-0.2, -0.15) is 0 Å². The Morgan fingerprint density at radius 1 is 1.56 bits per heavy atom. The first kappa shape index (κ1) is 9.47. The standard InChI is InChI=1S/C4H.C3H3.2In/c1-3-4-2;1-3-2;;/h1H;1-3H;;. The Hall–Kier alpha value is 0.470. The molecule has 2 heteroatoms. The molecule has 0 saturated heterocycles. The molecule has 0 bridgehead atoms. The quantitative estimate of drug-likeness (QED) is 0.617. The molecular formula is C7H4In2. The van der Waals surface area contributed by atoms with Crippen LogP contribution in [0.2, 0.25) is 0 Å². The molecule has 0 rings (SSSR count). The van der Waals surface area contributed by atoms with E-state index < -0.39 is 22.9 Å². The van der Waals surface area contributed by atoms with Gasteiger partial charge < -0.3 is 0 Å². The van der Waals surface area contributed by atoms with Crippen LogP contribution in [-0.4, -0.2) is 50.6 Å². The Morgan fingerprint density at radius 3 is 2.89 bits per heavy atom. The Bertz CT molecular complexity index is 197. The Morgan fingerprint density at radius 2 is 2.33 bits per heavy atom. The summed E-state index contributed by atoms with van der Waals surface area (Å²) in [6.45, 7) is 0. The van der Waals surface area contributed by atoms with E-state index in [0.29, 0.717) is 0 Å². The molecule has 2 radical (unpaired) electrons. The van der Waals surface area contributed by atoms with Crippen LogP contribution < -0.4 is 0 Å². The molecule has 0 spiro atoms. The number of terminal acetylenes is 1. The van der Waals surface area contributed by atoms with Gasteiger partial charge in [0, 0.05) is 0 Å². The normalized spacial score (nSPS) is 6.89. The van der Waals surface area contributed by atoms with Crippen molar-refractivity contribution in [2.75, 3.05) is 0 Å². The van der Waals surface area contributed by atoms with Gasteiger partial charge in [0.1, 0.15) is 0 Å². The SMILES string of the molecule is C#CC#[C][In]/[CH]=C\[CH]=[In]. The van der Waals surface area contributed by atoms with E-state index in [2.05, 4.69) is 29.2 Å². The number of rotatable bonds is 2. The van der Waals surface area contributed by atoms with Crippen molar-refractivity contribution in [1.29, 1.82) is 0 Å². The molecule has 0 nitrogen and oxygen atoms in total. The molecule has 0 aliphatic rings. The van der Waals surface area contributed by atoms with Crippen molar-refractivity contribution in [2.24, 2.45) is 0 Å². The molecular weight excluding hydrogens is 314 g/mol. The average molecular weight is 318 g/mol. The van der Waals surface area contributed by atoms with Gasteiger partial charge in [-0.1, -0.05) is 0 Å². The first-order chi connectivity index (χ1) is 4.41. The monoisotopic (exact) mass is 318 g/mol. The first-order valence-electron chi connectivity index (χ1n) is 2.41. The van der Waals surface area contributed by atoms with Crippen molar-refractivity contribution in [3.05, 3.63) is 9.91 Å². The van der Waals surface area contributed by atoms with Crippen molar-refractivity contribution in [1.82, 2.24) is 0 Å². The zero-order valence-corrected chi connectivity index (χ0v) is 11.6. The van der Waals surface area contributed by atoms with Crippen LogP contribution in [0.1, 0.15) is 0 Å². The molecule has 0 unspecified atom stereocenters. The summed E-state index contributed by atoms with van der Waals surface area (Å²) in [5.41, 5.74) is 0. The minimum atomic E-state index is -0.699. The zero-order chi connectivity index (χ0) is 6.95. The second-order valence-corrected chi connectivity index (χ2v) is 5.13. The van der Waals surface area contributed by atoms with Crippen LogP contribution in [-0.2, 0) is 0 Å². The van der Waals surface area contributed by atoms with Gasteiger partial charge in [-0.3, -0.25) is 0 Å². The Kier molecular flexibility index (Phi) is 8.91. The van der Waals surface area contributed by atoms with E-state index in [1.165, 1.54) is 23.9 Å². The van der Waals surface area contributed by atoms with Gasteiger partial charge in [0.25, 0.3) is 0 Å². The number of hydrogen-bond donors (Lipinski definition) is 0. The fraction of sp³-hybridized carbons (Fsp3) is 0. The molecule has 38 valence electrons. The molecule has 0 N–H and O–H groups in total. The van der Waals surface area contributed by atoms with Gasteiger partial charge >= 0.3 is 82.4 Å². The molecule has 0 aliphatic heterocycles. The van der Waals surface area contributed by atoms with E-state index in [-0.39, 0.29) is 0 Å². The van der Waals surface area contributed by atoms with E-state index in [4.69, 9.17) is 6.42 Å². The van der Waals surface area contributed by atoms with Gasteiger partial charge in [-0.15, -0.1) is 0 Å². The molecule has 0 amide bonds. The summed E-state index contributed by atoms with van der Waals surface area (Å²) in [6.07, 6.45) is 7.02. The molecule has 0 aromatic carbocycles. The zero-order valence-electron chi connectivity index (χ0n) is 4.96. The summed E-state index contributed by atoms with van der Waals surface area (Å²) in [5, 5.41) is 0. The Labute approximate surface area is 81.5 Å². The maximum absolute atomic E-state index is 4.92. The molecule has 0 heterocycles. The fourth-order valence-electron chi connectivity index (χ4n) is 0.251. The number of hydrogen-bond acceptors (Lipinski definition) is 0. The third-order valence-electron chi connectivity index (χ3n) is 0.546. The Balaban J connectivity index is 3.43. The molecule has 9 heavy (non-hydrogen) atoms. The van der Waals surface area contributed by atoms with Crippen LogP contribution in [0.3, 0.4) is 0 Å². The van der Waals surface area contributed by atoms with E-state index in [0.717, 1.165) is 0 Å². The van der Waals surface area contributed by atoms with Crippen molar-refractivity contribution in [3.8, 4) is 21.9 Å². The summed E-state index contributed by atoms with van der Waals surface area (Å²) in [5.74, 6) is 4.91. The predicted molar refractivity (Wildman–Crippen MR) is 43.3 cm³/mol. The van der Waals surface area contributed by atoms with E-state index in [1.807, 2.05) is 0 Å². The van der Waals surface area contributed by atoms with Crippen LogP contribution >= 0.6 is 0 Å². The summed E-state index contributed by atoms with van der Waals surface area (Å²) in [6, 6.07) is 0. The van der Waals surface area contributed by atoms with E-state index in [9.17, 15) is 0 Å². The molecule has 0 aromatic rings. The van der Waals surface area contributed by atoms with Crippen LogP contribution in [0.25, 0.3) is 0 Å². The summed E-state index contributed by atoms with van der Waals surface area (Å²) < 4.78 is 7.30. The van der Waals surface area contributed by atoms with Crippen molar-refractivity contribution >= 4 is 50.6 Å². The van der Waals surface area contributed by atoms with E-state index >= 15 is 0 Å².